The van der Waals surface area contributed by atoms with Crippen LogP contribution in [0.4, 0.5) is 14.5 Å². The van der Waals surface area contributed by atoms with Gasteiger partial charge in [-0.3, -0.25) is 0 Å². The van der Waals surface area contributed by atoms with Crippen LogP contribution in [-0.2, 0) is 9.84 Å². The zero-order valence-electron chi connectivity index (χ0n) is 11.1. The Hall–Kier alpha value is -1.17. The van der Waals surface area contributed by atoms with Crippen molar-refractivity contribution in [2.45, 2.75) is 49.8 Å². The van der Waals surface area contributed by atoms with Gasteiger partial charge in [0.05, 0.1) is 10.6 Å². The molecule has 3 nitrogen and oxygen atoms in total. The highest BCUT2D eigenvalue weighted by Crippen LogP contribution is 2.27. The van der Waals surface area contributed by atoms with E-state index in [1.807, 2.05) is 13.8 Å². The molecule has 0 heterocycles. The number of rotatable bonds is 7. The number of halogens is 2. The molecule has 0 bridgehead atoms. The normalized spacial score (nSPS) is 13.5. The highest BCUT2D eigenvalue weighted by molar-refractivity contribution is 7.91. The van der Waals surface area contributed by atoms with Crippen molar-refractivity contribution >= 4 is 15.5 Å². The van der Waals surface area contributed by atoms with E-state index in [-0.39, 0.29) is 16.6 Å². The predicted molar refractivity (Wildman–Crippen MR) is 72.2 cm³/mol. The molecule has 1 aromatic carbocycles. The summed E-state index contributed by atoms with van der Waals surface area (Å²) in [6, 6.07) is 5.89. The maximum atomic E-state index is 12.6. The molecule has 1 unspecified atom stereocenters. The first kappa shape index (κ1) is 15.9. The van der Waals surface area contributed by atoms with Gasteiger partial charge in [0.15, 0.2) is 0 Å². The average Bonchev–Trinajstić information content (AvgIpc) is 2.38. The third-order valence-corrected chi connectivity index (χ3v) is 4.36. The van der Waals surface area contributed by atoms with Crippen LogP contribution in [0.1, 0.15) is 33.1 Å². The molecular formula is C13H19F2NO2S. The predicted octanol–water partition coefficient (Wildman–Crippen LogP) is 3.67. The molecule has 1 aromatic rings. The van der Waals surface area contributed by atoms with E-state index in [9.17, 15) is 17.2 Å². The van der Waals surface area contributed by atoms with E-state index in [1.54, 1.807) is 6.07 Å². The van der Waals surface area contributed by atoms with Crippen LogP contribution in [0.2, 0.25) is 0 Å². The van der Waals surface area contributed by atoms with Crippen LogP contribution in [0.5, 0.6) is 0 Å². The number of sulfone groups is 1. The molecule has 0 aromatic heterocycles. The van der Waals surface area contributed by atoms with Crippen molar-refractivity contribution < 1.29 is 17.2 Å². The number of nitrogens with one attached hydrogen (secondary N) is 1. The van der Waals surface area contributed by atoms with Gasteiger partial charge in [0.2, 0.25) is 9.84 Å². The quantitative estimate of drug-likeness (QED) is 0.833. The first-order valence-corrected chi connectivity index (χ1v) is 7.85. The SMILES string of the molecule is CCCC(CC)Nc1ccccc1S(=O)(=O)C(F)F. The fraction of sp³-hybridized carbons (Fsp3) is 0.538. The topological polar surface area (TPSA) is 46.2 Å². The highest BCUT2D eigenvalue weighted by Gasteiger charge is 2.29. The molecule has 1 N–H and O–H groups in total. The third kappa shape index (κ3) is 3.89. The van der Waals surface area contributed by atoms with Gasteiger partial charge in [0.1, 0.15) is 0 Å². The summed E-state index contributed by atoms with van der Waals surface area (Å²) in [7, 11) is -4.57. The molecule has 1 atom stereocenters. The molecule has 0 aliphatic heterocycles. The smallest absolute Gasteiger partial charge is 0.341 e. The van der Waals surface area contributed by atoms with Gasteiger partial charge in [-0.1, -0.05) is 32.4 Å². The highest BCUT2D eigenvalue weighted by atomic mass is 32.2. The Morgan fingerprint density at radius 3 is 2.37 bits per heavy atom. The van der Waals surface area contributed by atoms with Crippen molar-refractivity contribution in [1.29, 1.82) is 0 Å². The zero-order valence-corrected chi connectivity index (χ0v) is 11.9. The van der Waals surface area contributed by atoms with E-state index in [1.165, 1.54) is 18.2 Å². The summed E-state index contributed by atoms with van der Waals surface area (Å²) in [5.74, 6) is -3.40. The summed E-state index contributed by atoms with van der Waals surface area (Å²) in [5.41, 5.74) is 0.253. The lowest BCUT2D eigenvalue weighted by molar-refractivity contribution is 0.235. The largest absolute Gasteiger partial charge is 0.381 e. The fourth-order valence-electron chi connectivity index (χ4n) is 1.88. The van der Waals surface area contributed by atoms with E-state index >= 15 is 0 Å². The molecule has 1 rings (SSSR count). The van der Waals surface area contributed by atoms with Gasteiger partial charge in [-0.05, 0) is 25.0 Å². The number of anilines is 1. The number of para-hydroxylation sites is 1. The van der Waals surface area contributed by atoms with Crippen LogP contribution in [0, 0.1) is 0 Å². The molecule has 6 heteroatoms. The average molecular weight is 291 g/mol. The fourth-order valence-corrected chi connectivity index (χ4v) is 2.77. The second-order valence-electron chi connectivity index (χ2n) is 4.34. The molecule has 0 fully saturated rings. The zero-order chi connectivity index (χ0) is 14.5. The molecule has 0 saturated heterocycles. The van der Waals surface area contributed by atoms with Crippen LogP contribution in [0.3, 0.4) is 0 Å². The minimum atomic E-state index is -4.57. The molecule has 0 saturated carbocycles. The number of alkyl halides is 2. The summed E-state index contributed by atoms with van der Waals surface area (Å²) < 4.78 is 48.4. The Morgan fingerprint density at radius 1 is 1.21 bits per heavy atom. The Bertz CT molecular complexity index is 503. The number of hydrogen-bond acceptors (Lipinski definition) is 3. The van der Waals surface area contributed by atoms with E-state index in [0.717, 1.165) is 19.3 Å². The first-order chi connectivity index (χ1) is 8.93. The summed E-state index contributed by atoms with van der Waals surface area (Å²) >= 11 is 0. The van der Waals surface area contributed by atoms with Crippen LogP contribution in [0.15, 0.2) is 29.2 Å². The van der Waals surface area contributed by atoms with Crippen molar-refractivity contribution in [2.75, 3.05) is 5.32 Å². The molecule has 0 radical (unpaired) electrons. The monoisotopic (exact) mass is 291 g/mol. The van der Waals surface area contributed by atoms with E-state index < -0.39 is 15.6 Å². The van der Waals surface area contributed by atoms with E-state index in [2.05, 4.69) is 5.32 Å². The summed E-state index contributed by atoms with van der Waals surface area (Å²) in [6.07, 6.45) is 2.60. The van der Waals surface area contributed by atoms with Crippen LogP contribution < -0.4 is 5.32 Å². The van der Waals surface area contributed by atoms with Crippen molar-refractivity contribution in [3.05, 3.63) is 24.3 Å². The standard InChI is InChI=1S/C13H19F2NO2S/c1-3-7-10(4-2)16-11-8-5-6-9-12(11)19(17,18)13(14)15/h5-6,8-10,13,16H,3-4,7H2,1-2H3. The number of hydrogen-bond donors (Lipinski definition) is 1. The number of benzene rings is 1. The van der Waals surface area contributed by atoms with Crippen molar-refractivity contribution in [3.8, 4) is 0 Å². The third-order valence-electron chi connectivity index (χ3n) is 2.92. The molecule has 19 heavy (non-hydrogen) atoms. The van der Waals surface area contributed by atoms with Gasteiger partial charge >= 0.3 is 5.76 Å². The summed E-state index contributed by atoms with van der Waals surface area (Å²) in [4.78, 5) is -0.334. The Labute approximate surface area is 112 Å². The summed E-state index contributed by atoms with van der Waals surface area (Å²) in [6.45, 7) is 3.99. The second kappa shape index (κ2) is 6.84. The van der Waals surface area contributed by atoms with Crippen LogP contribution in [-0.4, -0.2) is 20.2 Å². The molecule has 108 valence electrons. The minimum absolute atomic E-state index is 0.0824. The second-order valence-corrected chi connectivity index (χ2v) is 6.23. The molecule has 0 aliphatic rings. The van der Waals surface area contributed by atoms with Gasteiger partial charge in [-0.2, -0.15) is 8.78 Å². The van der Waals surface area contributed by atoms with Gasteiger partial charge in [0.25, 0.3) is 0 Å². The van der Waals surface area contributed by atoms with Gasteiger partial charge in [-0.25, -0.2) is 8.42 Å². The van der Waals surface area contributed by atoms with E-state index in [4.69, 9.17) is 0 Å². The van der Waals surface area contributed by atoms with Gasteiger partial charge < -0.3 is 5.32 Å². The lowest BCUT2D eigenvalue weighted by atomic mass is 10.1. The van der Waals surface area contributed by atoms with Gasteiger partial charge in [0, 0.05) is 6.04 Å². The first-order valence-electron chi connectivity index (χ1n) is 6.31. The Morgan fingerprint density at radius 2 is 1.84 bits per heavy atom. The lowest BCUT2D eigenvalue weighted by Gasteiger charge is -2.19. The maximum Gasteiger partial charge on any atom is 0.341 e. The van der Waals surface area contributed by atoms with Crippen LogP contribution >= 0.6 is 0 Å². The molecule has 0 amide bonds. The molecule has 0 aliphatic carbocycles. The molecule has 0 spiro atoms. The Kier molecular flexibility index (Phi) is 5.72. The van der Waals surface area contributed by atoms with Crippen LogP contribution in [0.25, 0.3) is 0 Å². The van der Waals surface area contributed by atoms with Crippen molar-refractivity contribution in [3.63, 3.8) is 0 Å². The van der Waals surface area contributed by atoms with Crippen molar-refractivity contribution in [2.24, 2.45) is 0 Å². The van der Waals surface area contributed by atoms with E-state index in [0.29, 0.717) is 0 Å². The minimum Gasteiger partial charge on any atom is -0.381 e. The molecular weight excluding hydrogens is 272 g/mol. The lowest BCUT2D eigenvalue weighted by Crippen LogP contribution is -2.21. The van der Waals surface area contributed by atoms with Gasteiger partial charge in [-0.15, -0.1) is 0 Å². The summed E-state index contributed by atoms with van der Waals surface area (Å²) in [5, 5.41) is 3.05. The van der Waals surface area contributed by atoms with Crippen molar-refractivity contribution in [1.82, 2.24) is 0 Å². The Balaban J connectivity index is 3.09. The maximum absolute atomic E-state index is 12.6.